The first-order valence-electron chi connectivity index (χ1n) is 10.5. The molecule has 0 saturated carbocycles. The SMILES string of the molecule is O=C(Cn1nc(-c2ccccc2)ccc1=O)Nc1ccc(S(=O)(=O)NCc2ccccc2)cc1. The smallest absolute Gasteiger partial charge is 0.267 e. The van der Waals surface area contributed by atoms with Crippen LogP contribution in [0.3, 0.4) is 0 Å². The van der Waals surface area contributed by atoms with Crippen LogP contribution >= 0.6 is 0 Å². The van der Waals surface area contributed by atoms with Gasteiger partial charge in [0.15, 0.2) is 0 Å². The molecule has 1 aromatic heterocycles. The molecule has 0 aliphatic heterocycles. The van der Waals surface area contributed by atoms with Crippen molar-refractivity contribution in [3.63, 3.8) is 0 Å². The van der Waals surface area contributed by atoms with E-state index in [9.17, 15) is 18.0 Å². The molecule has 3 aromatic carbocycles. The summed E-state index contributed by atoms with van der Waals surface area (Å²) in [5, 5.41) is 6.93. The summed E-state index contributed by atoms with van der Waals surface area (Å²) in [6.07, 6.45) is 0. The molecule has 4 aromatic rings. The Balaban J connectivity index is 1.40. The van der Waals surface area contributed by atoms with Gasteiger partial charge in [-0.1, -0.05) is 60.7 Å². The normalized spacial score (nSPS) is 11.2. The van der Waals surface area contributed by atoms with Crippen LogP contribution in [-0.4, -0.2) is 24.1 Å². The van der Waals surface area contributed by atoms with Crippen molar-refractivity contribution >= 4 is 21.6 Å². The predicted octanol–water partition coefficient (Wildman–Crippen LogP) is 3.03. The Bertz CT molecular complexity index is 1440. The highest BCUT2D eigenvalue weighted by molar-refractivity contribution is 7.89. The van der Waals surface area contributed by atoms with E-state index in [1.165, 1.54) is 30.3 Å². The number of benzene rings is 3. The minimum absolute atomic E-state index is 0.0786. The number of carbonyl (C=O) groups excluding carboxylic acids is 1. The molecule has 0 fully saturated rings. The molecule has 172 valence electrons. The van der Waals surface area contributed by atoms with Gasteiger partial charge in [-0.25, -0.2) is 17.8 Å². The Morgan fingerprint density at radius 3 is 2.15 bits per heavy atom. The van der Waals surface area contributed by atoms with Gasteiger partial charge in [-0.2, -0.15) is 5.10 Å². The highest BCUT2D eigenvalue weighted by atomic mass is 32.2. The maximum atomic E-state index is 12.5. The molecule has 4 rings (SSSR count). The summed E-state index contributed by atoms with van der Waals surface area (Å²) in [6, 6.07) is 27.3. The molecule has 0 radical (unpaired) electrons. The second kappa shape index (κ2) is 10.2. The second-order valence-electron chi connectivity index (χ2n) is 7.46. The summed E-state index contributed by atoms with van der Waals surface area (Å²) >= 11 is 0. The summed E-state index contributed by atoms with van der Waals surface area (Å²) in [5.74, 6) is -0.461. The van der Waals surface area contributed by atoms with Gasteiger partial charge in [0.05, 0.1) is 10.6 Å². The first-order chi connectivity index (χ1) is 16.4. The molecular weight excluding hydrogens is 452 g/mol. The molecule has 0 spiro atoms. The van der Waals surface area contributed by atoms with Crippen LogP contribution in [0.1, 0.15) is 5.56 Å². The summed E-state index contributed by atoms with van der Waals surface area (Å²) in [5.41, 5.74) is 2.25. The van der Waals surface area contributed by atoms with E-state index in [1.54, 1.807) is 6.07 Å². The van der Waals surface area contributed by atoms with Crippen LogP contribution in [0.5, 0.6) is 0 Å². The number of nitrogens with one attached hydrogen (secondary N) is 2. The third-order valence-electron chi connectivity index (χ3n) is 4.99. The first kappa shape index (κ1) is 23.1. The van der Waals surface area contributed by atoms with E-state index in [0.29, 0.717) is 11.4 Å². The number of rotatable bonds is 8. The van der Waals surface area contributed by atoms with Crippen molar-refractivity contribution in [3.05, 3.63) is 113 Å². The number of carbonyl (C=O) groups is 1. The van der Waals surface area contributed by atoms with Gasteiger partial charge in [0.2, 0.25) is 15.9 Å². The zero-order valence-electron chi connectivity index (χ0n) is 18.1. The lowest BCUT2D eigenvalue weighted by molar-refractivity contribution is -0.117. The lowest BCUT2D eigenvalue weighted by Gasteiger charge is -2.10. The molecule has 0 aliphatic rings. The van der Waals surface area contributed by atoms with Gasteiger partial charge < -0.3 is 5.32 Å². The minimum Gasteiger partial charge on any atom is -0.324 e. The predicted molar refractivity (Wildman–Crippen MR) is 129 cm³/mol. The van der Waals surface area contributed by atoms with Crippen molar-refractivity contribution < 1.29 is 13.2 Å². The zero-order valence-corrected chi connectivity index (χ0v) is 18.9. The van der Waals surface area contributed by atoms with E-state index < -0.39 is 21.5 Å². The summed E-state index contributed by atoms with van der Waals surface area (Å²) in [7, 11) is -3.71. The monoisotopic (exact) mass is 474 g/mol. The van der Waals surface area contributed by atoms with Crippen molar-refractivity contribution in [3.8, 4) is 11.3 Å². The molecule has 0 bridgehead atoms. The van der Waals surface area contributed by atoms with E-state index >= 15 is 0 Å². The standard InChI is InChI=1S/C25H22N4O4S/c30-24(18-29-25(31)16-15-23(28-29)20-9-5-2-6-10-20)27-21-11-13-22(14-12-21)34(32,33)26-17-19-7-3-1-4-8-19/h1-16,26H,17-18H2,(H,27,30). The summed E-state index contributed by atoms with van der Waals surface area (Å²) < 4.78 is 28.7. The van der Waals surface area contributed by atoms with Crippen molar-refractivity contribution in [1.29, 1.82) is 0 Å². The van der Waals surface area contributed by atoms with Crippen LogP contribution in [0.25, 0.3) is 11.3 Å². The van der Waals surface area contributed by atoms with Crippen LogP contribution < -0.4 is 15.6 Å². The molecule has 8 nitrogen and oxygen atoms in total. The lowest BCUT2D eigenvalue weighted by Crippen LogP contribution is -2.29. The maximum Gasteiger partial charge on any atom is 0.267 e. The summed E-state index contributed by atoms with van der Waals surface area (Å²) in [6.45, 7) is -0.107. The second-order valence-corrected chi connectivity index (χ2v) is 9.23. The number of hydrogen-bond acceptors (Lipinski definition) is 5. The average Bonchev–Trinajstić information content (AvgIpc) is 2.86. The van der Waals surface area contributed by atoms with E-state index in [2.05, 4.69) is 15.1 Å². The molecule has 0 unspecified atom stereocenters. The highest BCUT2D eigenvalue weighted by Crippen LogP contribution is 2.16. The van der Waals surface area contributed by atoms with Gasteiger partial charge in [-0.05, 0) is 35.9 Å². The van der Waals surface area contributed by atoms with Gasteiger partial charge in [-0.15, -0.1) is 0 Å². The molecule has 9 heteroatoms. The number of amides is 1. The lowest BCUT2D eigenvalue weighted by atomic mass is 10.1. The Morgan fingerprint density at radius 2 is 1.47 bits per heavy atom. The van der Waals surface area contributed by atoms with Crippen molar-refractivity contribution in [2.45, 2.75) is 18.0 Å². The van der Waals surface area contributed by atoms with Gasteiger partial charge in [0.1, 0.15) is 6.54 Å². The number of nitrogens with zero attached hydrogens (tertiary/aromatic N) is 2. The fourth-order valence-corrected chi connectivity index (χ4v) is 4.25. The third kappa shape index (κ3) is 5.83. The van der Waals surface area contributed by atoms with Gasteiger partial charge in [0.25, 0.3) is 5.56 Å². The van der Waals surface area contributed by atoms with E-state index in [1.807, 2.05) is 60.7 Å². The number of sulfonamides is 1. The molecular formula is C25H22N4O4S. The van der Waals surface area contributed by atoms with Gasteiger partial charge in [0, 0.05) is 23.9 Å². The van der Waals surface area contributed by atoms with Crippen LogP contribution in [-0.2, 0) is 27.9 Å². The van der Waals surface area contributed by atoms with Crippen LogP contribution in [0, 0.1) is 0 Å². The topological polar surface area (TPSA) is 110 Å². The fourth-order valence-electron chi connectivity index (χ4n) is 3.24. The Hall–Kier alpha value is -4.08. The Morgan fingerprint density at radius 1 is 0.824 bits per heavy atom. The number of anilines is 1. The van der Waals surface area contributed by atoms with E-state index in [-0.39, 0.29) is 18.0 Å². The van der Waals surface area contributed by atoms with Crippen LogP contribution in [0.2, 0.25) is 0 Å². The molecule has 1 amide bonds. The third-order valence-corrected chi connectivity index (χ3v) is 6.40. The Labute approximate surface area is 196 Å². The van der Waals surface area contributed by atoms with Crippen molar-refractivity contribution in [2.24, 2.45) is 0 Å². The molecule has 0 aliphatic carbocycles. The molecule has 1 heterocycles. The first-order valence-corrected chi connectivity index (χ1v) is 12.0. The van der Waals surface area contributed by atoms with Crippen LogP contribution in [0.15, 0.2) is 107 Å². The number of hydrogen-bond donors (Lipinski definition) is 2. The summed E-state index contributed by atoms with van der Waals surface area (Å²) in [4.78, 5) is 24.7. The molecule has 0 saturated heterocycles. The minimum atomic E-state index is -3.71. The number of aromatic nitrogens is 2. The van der Waals surface area contributed by atoms with E-state index in [0.717, 1.165) is 15.8 Å². The molecule has 0 atom stereocenters. The zero-order chi connectivity index (χ0) is 24.0. The fraction of sp³-hybridized carbons (Fsp3) is 0.0800. The van der Waals surface area contributed by atoms with Crippen molar-refractivity contribution in [2.75, 3.05) is 5.32 Å². The molecule has 34 heavy (non-hydrogen) atoms. The quantitative estimate of drug-likeness (QED) is 0.408. The van der Waals surface area contributed by atoms with Crippen molar-refractivity contribution in [1.82, 2.24) is 14.5 Å². The van der Waals surface area contributed by atoms with Gasteiger partial charge >= 0.3 is 0 Å². The van der Waals surface area contributed by atoms with E-state index in [4.69, 9.17) is 0 Å². The van der Waals surface area contributed by atoms with Crippen LogP contribution in [0.4, 0.5) is 5.69 Å². The maximum absolute atomic E-state index is 12.5. The largest absolute Gasteiger partial charge is 0.324 e. The molecule has 2 N–H and O–H groups in total. The Kier molecular flexibility index (Phi) is 6.95. The average molecular weight is 475 g/mol. The van der Waals surface area contributed by atoms with Gasteiger partial charge in [-0.3, -0.25) is 9.59 Å². The highest BCUT2D eigenvalue weighted by Gasteiger charge is 2.14.